The highest BCUT2D eigenvalue weighted by Gasteiger charge is 2.50. The fraction of sp³-hybridized carbons (Fsp3) is 0.417. The molecule has 0 unspecified atom stereocenters. The van der Waals surface area contributed by atoms with Crippen LogP contribution in [0.15, 0.2) is 39.8 Å². The van der Waals surface area contributed by atoms with Gasteiger partial charge in [-0.1, -0.05) is 0 Å². The molecule has 6 rings (SSSR count). The maximum absolute atomic E-state index is 12.3. The summed E-state index contributed by atoms with van der Waals surface area (Å²) in [5.41, 5.74) is 9.49. The van der Waals surface area contributed by atoms with Crippen molar-refractivity contribution < 1.29 is 67.7 Å². The molecule has 2 aromatic heterocycles. The molecule has 0 aliphatic carbocycles. The third-order valence-electron chi connectivity index (χ3n) is 7.77. The minimum atomic E-state index is -4.85. The van der Waals surface area contributed by atoms with Crippen molar-refractivity contribution in [2.45, 2.75) is 49.9 Å². The Balaban J connectivity index is 0.000000194. The summed E-state index contributed by atoms with van der Waals surface area (Å²) in [4.78, 5) is 74.6. The van der Waals surface area contributed by atoms with E-state index >= 15 is 0 Å². The summed E-state index contributed by atoms with van der Waals surface area (Å²) in [5, 5.41) is 4.41. The first kappa shape index (κ1) is 36.4. The van der Waals surface area contributed by atoms with Gasteiger partial charge in [-0.2, -0.15) is 38.3 Å². The zero-order valence-electron chi connectivity index (χ0n) is 25.2. The first-order valence-electron chi connectivity index (χ1n) is 14.3. The van der Waals surface area contributed by atoms with Crippen LogP contribution in [0, 0.1) is 0 Å². The van der Waals surface area contributed by atoms with Crippen LogP contribution in [0.3, 0.4) is 0 Å². The number of carbonyl (C=O) groups is 6. The lowest BCUT2D eigenvalue weighted by atomic mass is 10.0. The Hall–Kier alpha value is -4.86. The average molecular weight is 765 g/mol. The molecule has 4 atom stereocenters. The summed E-state index contributed by atoms with van der Waals surface area (Å²) < 4.78 is 74.0. The standard InChI is InChI=1S/C12H14N4O8S.C12H14N4O7S2/c17-10(7-3-4-23-6-7)13-14-11(18)9-2-1-8-5-15(9)12(19)16(8)24-25(20,21)22;17-10(7-3-4-24-6-7)13-14-11(18)9-2-1-8-5-15(9)12(19)16(8)23-25(20,21)22/h2*3-4,6,8-9H,1-2,5H2,(H,13,17)(H,14,18)(H,20,21,22)/t2*8-,9+/m11/s1. The van der Waals surface area contributed by atoms with E-state index < -0.39 is 80.7 Å². The quantitative estimate of drug-likeness (QED) is 0.132. The van der Waals surface area contributed by atoms with Gasteiger partial charge in [0.05, 0.1) is 29.5 Å². The van der Waals surface area contributed by atoms with Gasteiger partial charge in [-0.05, 0) is 43.2 Å². The molecule has 4 aliphatic heterocycles. The van der Waals surface area contributed by atoms with Gasteiger partial charge >= 0.3 is 32.9 Å². The molecule has 4 aliphatic rings. The summed E-state index contributed by atoms with van der Waals surface area (Å²) in [5.74, 6) is -2.34. The summed E-state index contributed by atoms with van der Waals surface area (Å²) >= 11 is 1.33. The predicted molar refractivity (Wildman–Crippen MR) is 161 cm³/mol. The number of thiophene rings is 1. The number of fused-ring (bicyclic) bond motifs is 4. The monoisotopic (exact) mass is 764 g/mol. The molecule has 6 heterocycles. The number of hydrogen-bond acceptors (Lipinski definition) is 14. The van der Waals surface area contributed by atoms with Crippen LogP contribution < -0.4 is 21.7 Å². The van der Waals surface area contributed by atoms with E-state index in [1.807, 2.05) is 0 Å². The Kier molecular flexibility index (Phi) is 10.6. The fourth-order valence-electron chi connectivity index (χ4n) is 5.54. The van der Waals surface area contributed by atoms with Gasteiger partial charge in [0.15, 0.2) is 0 Å². The summed E-state index contributed by atoms with van der Waals surface area (Å²) in [7, 11) is -9.69. The molecule has 272 valence electrons. The molecule has 4 bridgehead atoms. The third kappa shape index (κ3) is 8.46. The Labute approximate surface area is 286 Å². The molecule has 0 radical (unpaired) electrons. The number of urea groups is 2. The number of hydrogen-bond donors (Lipinski definition) is 6. The van der Waals surface area contributed by atoms with E-state index in [0.717, 1.165) is 9.80 Å². The molecule has 0 aromatic carbocycles. The molecule has 50 heavy (non-hydrogen) atoms. The van der Waals surface area contributed by atoms with E-state index in [4.69, 9.17) is 13.5 Å². The van der Waals surface area contributed by atoms with Gasteiger partial charge in [0.25, 0.3) is 23.6 Å². The van der Waals surface area contributed by atoms with Gasteiger partial charge in [-0.3, -0.25) is 50.0 Å². The fourth-order valence-corrected chi connectivity index (χ4v) is 6.96. The van der Waals surface area contributed by atoms with E-state index in [-0.39, 0.29) is 37.9 Å². The SMILES string of the molecule is O=C(NNC(=O)[C@@H]1CC[C@@H]2CN1C(=O)N2OS(=O)(=O)O)c1ccoc1.O=C(NNC(=O)[C@@H]1CC[C@@H]2CN1C(=O)N2OS(=O)(=O)O)c1ccsc1. The Morgan fingerprint density at radius 3 is 1.62 bits per heavy atom. The van der Waals surface area contributed by atoms with Gasteiger partial charge in [-0.15, -0.1) is 8.57 Å². The van der Waals surface area contributed by atoms with Crippen LogP contribution >= 0.6 is 11.3 Å². The zero-order chi connectivity index (χ0) is 36.4. The smallest absolute Gasteiger partial charge is 0.418 e. The van der Waals surface area contributed by atoms with E-state index in [2.05, 4.69) is 30.3 Å². The van der Waals surface area contributed by atoms with E-state index in [1.165, 1.54) is 29.9 Å². The second-order valence-corrected chi connectivity index (χ2v) is 13.7. The van der Waals surface area contributed by atoms with Gasteiger partial charge in [0.1, 0.15) is 18.3 Å². The van der Waals surface area contributed by atoms with Crippen molar-refractivity contribution >= 4 is 67.8 Å². The Morgan fingerprint density at radius 1 is 0.740 bits per heavy atom. The van der Waals surface area contributed by atoms with Crippen molar-refractivity contribution in [2.75, 3.05) is 13.1 Å². The first-order valence-corrected chi connectivity index (χ1v) is 18.0. The molecule has 23 nitrogen and oxygen atoms in total. The number of rotatable bonds is 8. The molecule has 2 aromatic rings. The van der Waals surface area contributed by atoms with Crippen LogP contribution in [0.1, 0.15) is 46.4 Å². The van der Waals surface area contributed by atoms with Crippen LogP contribution in [0.5, 0.6) is 0 Å². The summed E-state index contributed by atoms with van der Waals surface area (Å²) in [6.07, 6.45) is 3.56. The lowest BCUT2D eigenvalue weighted by molar-refractivity contribution is -0.127. The number of furan rings is 1. The third-order valence-corrected chi connectivity index (χ3v) is 9.15. The maximum Gasteiger partial charge on any atom is 0.418 e. The molecule has 26 heteroatoms. The van der Waals surface area contributed by atoms with E-state index in [9.17, 15) is 45.6 Å². The number of nitrogens with one attached hydrogen (secondary N) is 4. The highest BCUT2D eigenvalue weighted by Crippen LogP contribution is 2.32. The van der Waals surface area contributed by atoms with Crippen molar-refractivity contribution in [2.24, 2.45) is 0 Å². The van der Waals surface area contributed by atoms with E-state index in [0.29, 0.717) is 22.1 Å². The number of hydroxylamine groups is 4. The van der Waals surface area contributed by atoms with E-state index in [1.54, 1.807) is 16.8 Å². The first-order chi connectivity index (χ1) is 23.5. The Morgan fingerprint density at radius 2 is 1.22 bits per heavy atom. The molecule has 0 saturated carbocycles. The van der Waals surface area contributed by atoms with Crippen molar-refractivity contribution in [3.05, 3.63) is 46.5 Å². The van der Waals surface area contributed by atoms with Gasteiger partial charge < -0.3 is 14.2 Å². The van der Waals surface area contributed by atoms with Crippen LogP contribution in [0.2, 0.25) is 0 Å². The topological polar surface area (TPSA) is 304 Å². The largest absolute Gasteiger partial charge is 0.472 e. The van der Waals surface area contributed by atoms with Crippen molar-refractivity contribution in [3.63, 3.8) is 0 Å². The van der Waals surface area contributed by atoms with Gasteiger partial charge in [0.2, 0.25) is 0 Å². The number of nitrogens with zero attached hydrogens (tertiary/aromatic N) is 4. The Bertz CT molecular complexity index is 1720. The normalized spacial score (nSPS) is 22.8. The molecule has 0 spiro atoms. The molecule has 6 N–H and O–H groups in total. The van der Waals surface area contributed by atoms with Crippen molar-refractivity contribution in [1.29, 1.82) is 0 Å². The molecular weight excluding hydrogens is 737 g/mol. The number of hydrazine groups is 2. The van der Waals surface area contributed by atoms with Gasteiger partial charge in [-0.25, -0.2) is 9.59 Å². The van der Waals surface area contributed by atoms with Crippen LogP contribution in [0.25, 0.3) is 0 Å². The summed E-state index contributed by atoms with van der Waals surface area (Å²) in [6, 6.07) is -1.69. The lowest BCUT2D eigenvalue weighted by Gasteiger charge is -2.29. The predicted octanol–water partition coefficient (Wildman–Crippen LogP) is -1.44. The second kappa shape index (κ2) is 14.5. The minimum absolute atomic E-state index is 0.0577. The number of carbonyl (C=O) groups excluding carboxylic acids is 6. The molecule has 8 amide bonds. The van der Waals surface area contributed by atoms with Crippen molar-refractivity contribution in [3.8, 4) is 0 Å². The zero-order valence-corrected chi connectivity index (χ0v) is 27.7. The molecular formula is C24H28N8O15S3. The lowest BCUT2D eigenvalue weighted by Crippen LogP contribution is -2.54. The highest BCUT2D eigenvalue weighted by atomic mass is 32.3. The van der Waals surface area contributed by atoms with Crippen LogP contribution in [-0.2, 0) is 39.0 Å². The van der Waals surface area contributed by atoms with Crippen LogP contribution in [0.4, 0.5) is 9.59 Å². The highest BCUT2D eigenvalue weighted by molar-refractivity contribution is 7.81. The second-order valence-electron chi connectivity index (χ2n) is 10.9. The number of piperidine rings is 2. The van der Waals surface area contributed by atoms with Crippen LogP contribution in [-0.4, -0.2) is 119 Å². The van der Waals surface area contributed by atoms with Gasteiger partial charge in [0, 0.05) is 18.5 Å². The number of amides is 8. The molecule has 4 saturated heterocycles. The maximum atomic E-state index is 12.3. The summed E-state index contributed by atoms with van der Waals surface area (Å²) in [6.45, 7) is 0.132. The van der Waals surface area contributed by atoms with Crippen molar-refractivity contribution in [1.82, 2.24) is 41.6 Å². The minimum Gasteiger partial charge on any atom is -0.472 e. The average Bonchev–Trinajstić information content (AvgIpc) is 3.87. The molecule has 4 fully saturated rings.